The van der Waals surface area contributed by atoms with Crippen LogP contribution in [0.15, 0.2) is 42.5 Å². The maximum atomic E-state index is 13.9. The van der Waals surface area contributed by atoms with Gasteiger partial charge in [-0.05, 0) is 69.2 Å². The molecule has 0 spiro atoms. The Kier molecular flexibility index (Phi) is 8.95. The number of alkyl halides is 6. The molecular weight excluding hydrogens is 552 g/mol. The Morgan fingerprint density at radius 1 is 1.08 bits per heavy atom. The Balaban J connectivity index is 1.93. The molecule has 2 aromatic carbocycles. The smallest absolute Gasteiger partial charge is 0.356 e. The first-order chi connectivity index (χ1) is 17.9. The van der Waals surface area contributed by atoms with Crippen molar-refractivity contribution in [2.75, 3.05) is 0 Å². The molecule has 0 fully saturated rings. The molecule has 39 heavy (non-hydrogen) atoms. The molecule has 0 aliphatic carbocycles. The molecule has 1 aromatic heterocycles. The van der Waals surface area contributed by atoms with Crippen molar-refractivity contribution in [2.45, 2.75) is 71.2 Å². The monoisotopic (exact) mass is 579 g/mol. The number of fused-ring (bicyclic) bond motifs is 1. The van der Waals surface area contributed by atoms with Gasteiger partial charge in [-0.25, -0.2) is 0 Å². The number of ether oxygens (including phenoxy) is 1. The first-order valence-corrected chi connectivity index (χ1v) is 12.2. The van der Waals surface area contributed by atoms with E-state index in [4.69, 9.17) is 16.3 Å². The van der Waals surface area contributed by atoms with E-state index in [0.29, 0.717) is 28.6 Å². The number of aliphatic hydroxyl groups excluding tert-OH is 1. The minimum Gasteiger partial charge on any atom is -0.356 e. The van der Waals surface area contributed by atoms with Crippen LogP contribution >= 0.6 is 11.6 Å². The SMILES string of the molecule is CCn1c(C(=O)NC(c2cccc(C(F)(F)F)c2)C(F)(F)F)cc2cc(CNC(O)OC(C)(C)C)c(Cl)cc21. The van der Waals surface area contributed by atoms with Gasteiger partial charge < -0.3 is 19.7 Å². The van der Waals surface area contributed by atoms with Crippen LogP contribution < -0.4 is 10.6 Å². The van der Waals surface area contributed by atoms with Crippen LogP contribution in [0.5, 0.6) is 0 Å². The summed E-state index contributed by atoms with van der Waals surface area (Å²) in [5.74, 6) is -1.13. The highest BCUT2D eigenvalue weighted by molar-refractivity contribution is 6.32. The summed E-state index contributed by atoms with van der Waals surface area (Å²) in [4.78, 5) is 13.1. The van der Waals surface area contributed by atoms with E-state index in [2.05, 4.69) is 5.32 Å². The summed E-state index contributed by atoms with van der Waals surface area (Å²) in [5, 5.41) is 15.4. The second-order valence-corrected chi connectivity index (χ2v) is 10.2. The second-order valence-electron chi connectivity index (χ2n) is 9.81. The molecule has 13 heteroatoms. The van der Waals surface area contributed by atoms with Crippen LogP contribution in [0.3, 0.4) is 0 Å². The van der Waals surface area contributed by atoms with Crippen molar-refractivity contribution in [3.8, 4) is 0 Å². The van der Waals surface area contributed by atoms with E-state index in [9.17, 15) is 36.2 Å². The maximum Gasteiger partial charge on any atom is 0.416 e. The van der Waals surface area contributed by atoms with E-state index in [0.717, 1.165) is 12.1 Å². The Hall–Kier alpha value is -2.80. The Bertz CT molecular complexity index is 1330. The molecule has 3 N–H and O–H groups in total. The number of carbonyl (C=O) groups is 1. The van der Waals surface area contributed by atoms with Crippen molar-refractivity contribution in [1.82, 2.24) is 15.2 Å². The molecule has 3 rings (SSSR count). The van der Waals surface area contributed by atoms with Gasteiger partial charge in [0.1, 0.15) is 5.69 Å². The van der Waals surface area contributed by atoms with Gasteiger partial charge in [0.05, 0.1) is 16.7 Å². The number of hydrogen-bond acceptors (Lipinski definition) is 4. The molecule has 0 aliphatic heterocycles. The standard InChI is InChI=1S/C26H28ClF6N3O3/c1-5-36-19-12-18(27)16(13-34-23(38)39-24(2,3)4)9-15(19)11-20(36)22(37)35-21(26(31,32)33)14-7-6-8-17(10-14)25(28,29)30/h6-12,21,23,34,38H,5,13H2,1-4H3,(H,35,37). The summed E-state index contributed by atoms with van der Waals surface area (Å²) < 4.78 is 87.8. The highest BCUT2D eigenvalue weighted by Crippen LogP contribution is 2.37. The zero-order chi connectivity index (χ0) is 29.3. The molecule has 1 heterocycles. The third-order valence-electron chi connectivity index (χ3n) is 5.70. The van der Waals surface area contributed by atoms with Crippen LogP contribution in [0.2, 0.25) is 5.02 Å². The summed E-state index contributed by atoms with van der Waals surface area (Å²) in [7, 11) is 0. The molecule has 2 unspecified atom stereocenters. The van der Waals surface area contributed by atoms with Crippen LogP contribution in [-0.2, 0) is 24.0 Å². The van der Waals surface area contributed by atoms with Crippen molar-refractivity contribution in [3.63, 3.8) is 0 Å². The van der Waals surface area contributed by atoms with Gasteiger partial charge in [-0.15, -0.1) is 0 Å². The fraction of sp³-hybridized carbons (Fsp3) is 0.423. The van der Waals surface area contributed by atoms with Crippen molar-refractivity contribution in [2.24, 2.45) is 0 Å². The fourth-order valence-corrected chi connectivity index (χ4v) is 4.25. The van der Waals surface area contributed by atoms with Gasteiger partial charge >= 0.3 is 12.4 Å². The first kappa shape index (κ1) is 30.7. The largest absolute Gasteiger partial charge is 0.416 e. The number of carbonyl (C=O) groups excluding carboxylic acids is 1. The average molecular weight is 580 g/mol. The number of rotatable bonds is 8. The number of amides is 1. The quantitative estimate of drug-likeness (QED) is 0.209. The second kappa shape index (κ2) is 11.4. The van der Waals surface area contributed by atoms with Gasteiger partial charge in [0.15, 0.2) is 6.04 Å². The number of halogens is 7. The van der Waals surface area contributed by atoms with E-state index in [-0.39, 0.29) is 23.8 Å². The number of aryl methyl sites for hydroxylation is 1. The number of aliphatic hydroxyl groups is 1. The Labute approximate surface area is 225 Å². The summed E-state index contributed by atoms with van der Waals surface area (Å²) in [6.07, 6.45) is -11.2. The molecule has 3 aromatic rings. The maximum absolute atomic E-state index is 13.9. The third kappa shape index (κ3) is 7.65. The minimum absolute atomic E-state index is 0.0799. The lowest BCUT2D eigenvalue weighted by molar-refractivity contribution is -0.182. The predicted octanol–water partition coefficient (Wildman–Crippen LogP) is 6.55. The highest BCUT2D eigenvalue weighted by atomic mass is 35.5. The van der Waals surface area contributed by atoms with Crippen molar-refractivity contribution < 1.29 is 41.0 Å². The van der Waals surface area contributed by atoms with Crippen LogP contribution in [0.4, 0.5) is 26.3 Å². The van der Waals surface area contributed by atoms with Crippen molar-refractivity contribution in [1.29, 1.82) is 0 Å². The van der Waals surface area contributed by atoms with Crippen LogP contribution in [0.1, 0.15) is 60.9 Å². The molecule has 0 saturated carbocycles. The van der Waals surface area contributed by atoms with Crippen molar-refractivity contribution in [3.05, 3.63) is 69.9 Å². The topological polar surface area (TPSA) is 75.5 Å². The number of hydrogen-bond donors (Lipinski definition) is 3. The third-order valence-corrected chi connectivity index (χ3v) is 6.05. The van der Waals surface area contributed by atoms with E-state index in [1.807, 2.05) is 5.32 Å². The first-order valence-electron chi connectivity index (χ1n) is 11.9. The molecule has 0 bridgehead atoms. The zero-order valence-electron chi connectivity index (χ0n) is 21.5. The van der Waals surface area contributed by atoms with Gasteiger partial charge in [0.25, 0.3) is 5.91 Å². The zero-order valence-corrected chi connectivity index (χ0v) is 22.2. The molecule has 6 nitrogen and oxygen atoms in total. The van der Waals surface area contributed by atoms with Crippen LogP contribution in [0.25, 0.3) is 10.9 Å². The number of nitrogens with zero attached hydrogens (tertiary/aromatic N) is 1. The number of nitrogens with one attached hydrogen (secondary N) is 2. The van der Waals surface area contributed by atoms with Gasteiger partial charge in [0.2, 0.25) is 6.41 Å². The Morgan fingerprint density at radius 3 is 2.31 bits per heavy atom. The summed E-state index contributed by atoms with van der Waals surface area (Å²) >= 11 is 6.40. The van der Waals surface area contributed by atoms with E-state index >= 15 is 0 Å². The number of benzene rings is 2. The fourth-order valence-electron chi connectivity index (χ4n) is 4.02. The number of aromatic nitrogens is 1. The van der Waals surface area contributed by atoms with E-state index in [1.54, 1.807) is 39.8 Å². The van der Waals surface area contributed by atoms with Crippen molar-refractivity contribution >= 4 is 28.4 Å². The van der Waals surface area contributed by atoms with E-state index < -0.39 is 47.4 Å². The Morgan fingerprint density at radius 2 is 1.74 bits per heavy atom. The lowest BCUT2D eigenvalue weighted by Gasteiger charge is -2.24. The normalized spacial score (nSPS) is 14.5. The van der Waals surface area contributed by atoms with Gasteiger partial charge in [-0.3, -0.25) is 10.1 Å². The van der Waals surface area contributed by atoms with Gasteiger partial charge in [-0.2, -0.15) is 26.3 Å². The van der Waals surface area contributed by atoms with Crippen LogP contribution in [-0.4, -0.2) is 33.8 Å². The summed E-state index contributed by atoms with van der Waals surface area (Å²) in [6, 6.07) is 4.60. The van der Waals surface area contributed by atoms with E-state index in [1.165, 1.54) is 10.6 Å². The highest BCUT2D eigenvalue weighted by Gasteiger charge is 2.43. The minimum atomic E-state index is -5.07. The molecule has 0 radical (unpaired) electrons. The summed E-state index contributed by atoms with van der Waals surface area (Å²) in [5.41, 5.74) is -1.78. The molecule has 1 amide bonds. The lowest BCUT2D eigenvalue weighted by Crippen LogP contribution is -2.39. The molecule has 0 aliphatic rings. The van der Waals surface area contributed by atoms with Gasteiger partial charge in [0, 0.05) is 23.5 Å². The van der Waals surface area contributed by atoms with Crippen LogP contribution in [0, 0.1) is 0 Å². The molecule has 214 valence electrons. The molecule has 2 atom stereocenters. The summed E-state index contributed by atoms with van der Waals surface area (Å²) in [6.45, 7) is 7.22. The lowest BCUT2D eigenvalue weighted by atomic mass is 10.0. The molecule has 0 saturated heterocycles. The molecular formula is C26H28ClF6N3O3. The van der Waals surface area contributed by atoms with Gasteiger partial charge in [-0.1, -0.05) is 23.7 Å². The average Bonchev–Trinajstić information content (AvgIpc) is 3.15. The predicted molar refractivity (Wildman–Crippen MR) is 134 cm³/mol.